The van der Waals surface area contributed by atoms with Gasteiger partial charge >= 0.3 is 46.8 Å². The van der Waals surface area contributed by atoms with Gasteiger partial charge in [-0.15, -0.1) is 6.58 Å². The molecule has 0 heterocycles. The summed E-state index contributed by atoms with van der Waals surface area (Å²) >= 11 is 0. The Morgan fingerprint density at radius 3 is 1.50 bits per heavy atom. The van der Waals surface area contributed by atoms with Gasteiger partial charge in [0.25, 0.3) is 0 Å². The molecule has 0 rings (SSSR count). The zero-order chi connectivity index (χ0) is 11.1. The normalized spacial score (nSPS) is 10.8. The quantitative estimate of drug-likeness (QED) is 0.251. The van der Waals surface area contributed by atoms with Crippen molar-refractivity contribution < 1.29 is 38.0 Å². The predicted molar refractivity (Wildman–Crippen MR) is 44.5 cm³/mol. The van der Waals surface area contributed by atoms with Gasteiger partial charge in [-0.1, -0.05) is 6.08 Å². The molecule has 80 valence electrons. The van der Waals surface area contributed by atoms with Crippen molar-refractivity contribution in [3.05, 3.63) is 12.7 Å². The second-order valence-electron chi connectivity index (χ2n) is 1.72. The topological polar surface area (TPSA) is 156 Å². The van der Waals surface area contributed by atoms with Crippen LogP contribution in [0.15, 0.2) is 12.7 Å². The third-order valence-electron chi connectivity index (χ3n) is 0.384. The summed E-state index contributed by atoms with van der Waals surface area (Å²) in [5.41, 5.74) is 0. The smallest absolute Gasteiger partial charge is 0.828 e. The van der Waals surface area contributed by atoms with Crippen molar-refractivity contribution >= 4 is 55.8 Å². The van der Waals surface area contributed by atoms with E-state index in [4.69, 9.17) is 24.0 Å². The van der Waals surface area contributed by atoms with E-state index in [-0.39, 0.29) is 44.3 Å². The summed E-state index contributed by atoms with van der Waals surface area (Å²) in [7, 11) is -9.36. The molecule has 0 aromatic rings. The van der Waals surface area contributed by atoms with Gasteiger partial charge in [0.1, 0.15) is 9.05 Å². The zero-order valence-electron chi connectivity index (χ0n) is 7.16. The summed E-state index contributed by atoms with van der Waals surface area (Å²) in [6, 6.07) is 0. The van der Waals surface area contributed by atoms with E-state index in [1.54, 1.807) is 0 Å². The van der Waals surface area contributed by atoms with Crippen LogP contribution in [-0.2, 0) is 4.43 Å². The molecule has 0 aliphatic carbocycles. The van der Waals surface area contributed by atoms with Crippen LogP contribution in [0.25, 0.3) is 0 Å². The average molecular weight is 270 g/mol. The molecule has 0 bridgehead atoms. The third-order valence-corrected chi connectivity index (χ3v) is 0.915. The summed E-state index contributed by atoms with van der Waals surface area (Å²) in [4.78, 5) is 56.7. The minimum Gasteiger partial charge on any atom is -0.828 e. The monoisotopic (exact) mass is 270 g/mol. The summed E-state index contributed by atoms with van der Waals surface area (Å²) in [6.07, 6.45) is 1.23. The van der Waals surface area contributed by atoms with Crippen LogP contribution in [0.1, 0.15) is 0 Å². The third kappa shape index (κ3) is 51.5. The van der Waals surface area contributed by atoms with Gasteiger partial charge in [-0.25, -0.2) is 0 Å². The molecule has 0 aliphatic rings. The molecule has 0 aliphatic heterocycles. The second kappa shape index (κ2) is 9.35. The van der Waals surface area contributed by atoms with Crippen LogP contribution in [0.5, 0.6) is 0 Å². The van der Waals surface area contributed by atoms with Crippen molar-refractivity contribution in [2.75, 3.05) is 6.61 Å². The molecular formula is C3H10CaO8Si2. The maximum absolute atomic E-state index is 9.73. The summed E-state index contributed by atoms with van der Waals surface area (Å²) < 4.78 is 3.84. The van der Waals surface area contributed by atoms with Crippen LogP contribution in [0.2, 0.25) is 0 Å². The van der Waals surface area contributed by atoms with Crippen molar-refractivity contribution in [3.63, 3.8) is 0 Å². The van der Waals surface area contributed by atoms with Crippen molar-refractivity contribution in [1.82, 2.24) is 0 Å². The van der Waals surface area contributed by atoms with E-state index >= 15 is 0 Å². The van der Waals surface area contributed by atoms with E-state index in [2.05, 4.69) is 11.0 Å². The standard InChI is InChI=1S/C3H6O4Si.Ca.H4O4Si/c1-2-3-7-8(4,5)6;;1-5(2,3)4/h2,4H,1,3H2;;1-4H/q-2;+2;. The molecular weight excluding hydrogens is 260 g/mol. The molecule has 8 nitrogen and oxygen atoms in total. The molecule has 14 heavy (non-hydrogen) atoms. The van der Waals surface area contributed by atoms with Crippen molar-refractivity contribution in [3.8, 4) is 0 Å². The Hall–Kier alpha value is 1.11. The average Bonchev–Trinajstić information content (AvgIpc) is 1.77. The van der Waals surface area contributed by atoms with Gasteiger partial charge in [0.15, 0.2) is 0 Å². The first-order chi connectivity index (χ1) is 5.56. The minimum atomic E-state index is -4.75. The SMILES string of the molecule is C=CCO[Si]([O-])([O-])O.O[Si](O)(O)O.[Ca+2]. The molecule has 0 radical (unpaired) electrons. The molecule has 0 aromatic heterocycles. The van der Waals surface area contributed by atoms with Gasteiger partial charge < -0.3 is 38.0 Å². The molecule has 0 spiro atoms. The molecule has 0 unspecified atom stereocenters. The molecule has 0 saturated carbocycles. The number of hydrogen-bond donors (Lipinski definition) is 5. The van der Waals surface area contributed by atoms with Gasteiger partial charge in [0.2, 0.25) is 0 Å². The number of rotatable bonds is 3. The maximum atomic E-state index is 9.73. The number of hydrogen-bond acceptors (Lipinski definition) is 8. The van der Waals surface area contributed by atoms with Crippen molar-refractivity contribution in [2.45, 2.75) is 0 Å². The van der Waals surface area contributed by atoms with Crippen LogP contribution >= 0.6 is 0 Å². The van der Waals surface area contributed by atoms with Crippen LogP contribution < -0.4 is 9.59 Å². The first kappa shape index (κ1) is 20.5. The van der Waals surface area contributed by atoms with Crippen LogP contribution in [-0.4, -0.2) is 86.4 Å². The summed E-state index contributed by atoms with van der Waals surface area (Å²) in [5, 5.41) is 0. The first-order valence-corrected chi connectivity index (χ1v) is 6.30. The van der Waals surface area contributed by atoms with Crippen LogP contribution in [0.4, 0.5) is 0 Å². The first-order valence-electron chi connectivity index (χ1n) is 2.84. The van der Waals surface area contributed by atoms with E-state index in [0.29, 0.717) is 0 Å². The molecule has 11 heteroatoms. The van der Waals surface area contributed by atoms with Gasteiger partial charge in [0, 0.05) is 0 Å². The van der Waals surface area contributed by atoms with Crippen LogP contribution in [0.3, 0.4) is 0 Å². The Labute approximate surface area is 112 Å². The molecule has 0 aromatic carbocycles. The fraction of sp³-hybridized carbons (Fsp3) is 0.333. The largest absolute Gasteiger partial charge is 2.00 e. The Balaban J connectivity index is -0.000000177. The fourth-order valence-electron chi connectivity index (χ4n) is 0.164. The van der Waals surface area contributed by atoms with Crippen molar-refractivity contribution in [2.24, 2.45) is 0 Å². The maximum Gasteiger partial charge on any atom is 2.00 e. The van der Waals surface area contributed by atoms with Crippen LogP contribution in [0, 0.1) is 0 Å². The second-order valence-corrected chi connectivity index (χ2v) is 4.26. The fourth-order valence-corrected chi connectivity index (χ4v) is 0.493. The zero-order valence-corrected chi connectivity index (χ0v) is 11.4. The van der Waals surface area contributed by atoms with Crippen molar-refractivity contribution in [1.29, 1.82) is 0 Å². The van der Waals surface area contributed by atoms with E-state index in [0.717, 1.165) is 0 Å². The predicted octanol–water partition coefficient (Wildman–Crippen LogP) is -5.65. The van der Waals surface area contributed by atoms with E-state index in [1.807, 2.05) is 0 Å². The molecule has 0 saturated heterocycles. The van der Waals surface area contributed by atoms with Gasteiger partial charge in [-0.2, -0.15) is 0 Å². The minimum absolute atomic E-state index is 0. The summed E-state index contributed by atoms with van der Waals surface area (Å²) in [5.74, 6) is 0. The Bertz CT molecular complexity index is 135. The van der Waals surface area contributed by atoms with E-state index in [9.17, 15) is 9.59 Å². The molecule has 0 amide bonds. The van der Waals surface area contributed by atoms with Gasteiger partial charge in [-0.3, -0.25) is 0 Å². The Kier molecular flexibility index (Phi) is 13.7. The van der Waals surface area contributed by atoms with E-state index < -0.39 is 18.1 Å². The van der Waals surface area contributed by atoms with E-state index in [1.165, 1.54) is 6.08 Å². The molecule has 5 N–H and O–H groups in total. The van der Waals surface area contributed by atoms with Gasteiger partial charge in [-0.05, 0) is 0 Å². The molecule has 0 fully saturated rings. The Morgan fingerprint density at radius 1 is 1.14 bits per heavy atom. The molecule has 0 atom stereocenters. The Morgan fingerprint density at radius 2 is 1.43 bits per heavy atom. The van der Waals surface area contributed by atoms with Gasteiger partial charge in [0.05, 0.1) is 6.61 Å². The summed E-state index contributed by atoms with van der Waals surface area (Å²) in [6.45, 7) is 3.00.